The van der Waals surface area contributed by atoms with Crippen LogP contribution >= 0.6 is 22.9 Å². The van der Waals surface area contributed by atoms with Gasteiger partial charge in [0.2, 0.25) is 10.9 Å². The van der Waals surface area contributed by atoms with Crippen molar-refractivity contribution >= 4 is 39.5 Å². The van der Waals surface area contributed by atoms with E-state index in [0.717, 1.165) is 18.2 Å². The molecule has 3 aromatic rings. The molecule has 0 spiro atoms. The van der Waals surface area contributed by atoms with Crippen molar-refractivity contribution in [1.82, 2.24) is 19.8 Å². The SMILES string of the molecule is O=C(CCc1nn2cnnc2s1)Nc1cc(C(F)(F)F)ccc1Cl. The number of alkyl halides is 3. The predicted octanol–water partition coefficient (Wildman–Crippen LogP) is 3.43. The highest BCUT2D eigenvalue weighted by molar-refractivity contribution is 7.16. The summed E-state index contributed by atoms with van der Waals surface area (Å²) >= 11 is 7.12. The van der Waals surface area contributed by atoms with Gasteiger partial charge in [0, 0.05) is 12.8 Å². The summed E-state index contributed by atoms with van der Waals surface area (Å²) in [6, 6.07) is 2.77. The number of hydrogen-bond acceptors (Lipinski definition) is 5. The molecule has 0 bridgehead atoms. The van der Waals surface area contributed by atoms with Crippen LogP contribution in [0.2, 0.25) is 5.02 Å². The zero-order valence-electron chi connectivity index (χ0n) is 11.8. The first-order valence-electron chi connectivity index (χ1n) is 6.65. The Labute approximate surface area is 142 Å². The maximum absolute atomic E-state index is 12.7. The standard InChI is InChI=1S/C13H9ClF3N5OS/c14-8-2-1-7(13(15,16)17)5-9(8)19-10(23)3-4-11-21-22-6-18-20-12(22)24-11/h1-2,5-6H,3-4H2,(H,19,23). The number of carbonyl (C=O) groups is 1. The molecule has 1 amide bonds. The number of rotatable bonds is 4. The van der Waals surface area contributed by atoms with E-state index in [2.05, 4.69) is 20.6 Å². The van der Waals surface area contributed by atoms with E-state index in [1.165, 1.54) is 22.2 Å². The number of aryl methyl sites for hydroxylation is 1. The Bertz CT molecular complexity index is 863. The molecular weight excluding hydrogens is 367 g/mol. The summed E-state index contributed by atoms with van der Waals surface area (Å²) in [6.07, 6.45) is -2.68. The number of hydrogen-bond donors (Lipinski definition) is 1. The zero-order chi connectivity index (χ0) is 17.3. The maximum atomic E-state index is 12.7. The van der Waals surface area contributed by atoms with Crippen LogP contribution in [0.5, 0.6) is 0 Å². The van der Waals surface area contributed by atoms with Crippen LogP contribution in [0.4, 0.5) is 18.9 Å². The molecular formula is C13H9ClF3N5OS. The summed E-state index contributed by atoms with van der Waals surface area (Å²) < 4.78 is 39.6. The first-order valence-corrected chi connectivity index (χ1v) is 7.85. The van der Waals surface area contributed by atoms with Gasteiger partial charge < -0.3 is 5.32 Å². The minimum Gasteiger partial charge on any atom is -0.325 e. The van der Waals surface area contributed by atoms with E-state index in [1.807, 2.05) is 0 Å². The molecule has 2 aromatic heterocycles. The Morgan fingerprint density at radius 3 is 2.88 bits per heavy atom. The van der Waals surface area contributed by atoms with Crippen molar-refractivity contribution < 1.29 is 18.0 Å². The average molecular weight is 376 g/mol. The number of carbonyl (C=O) groups excluding carboxylic acids is 1. The fraction of sp³-hybridized carbons (Fsp3) is 0.231. The van der Waals surface area contributed by atoms with E-state index in [4.69, 9.17) is 11.6 Å². The van der Waals surface area contributed by atoms with Gasteiger partial charge in [-0.3, -0.25) is 4.79 Å². The highest BCUT2D eigenvalue weighted by Crippen LogP contribution is 2.33. The lowest BCUT2D eigenvalue weighted by atomic mass is 10.2. The number of anilines is 1. The fourth-order valence-electron chi connectivity index (χ4n) is 1.93. The van der Waals surface area contributed by atoms with Crippen LogP contribution < -0.4 is 5.32 Å². The van der Waals surface area contributed by atoms with E-state index in [0.29, 0.717) is 16.4 Å². The molecule has 2 heterocycles. The van der Waals surface area contributed by atoms with Gasteiger partial charge >= 0.3 is 6.18 Å². The first-order chi connectivity index (χ1) is 11.3. The van der Waals surface area contributed by atoms with Crippen LogP contribution in [0.25, 0.3) is 4.96 Å². The molecule has 0 aliphatic rings. The van der Waals surface area contributed by atoms with Gasteiger partial charge in [-0.1, -0.05) is 22.9 Å². The summed E-state index contributed by atoms with van der Waals surface area (Å²) in [4.78, 5) is 12.5. The molecule has 0 fully saturated rings. The van der Waals surface area contributed by atoms with E-state index in [1.54, 1.807) is 0 Å². The number of halogens is 4. The van der Waals surface area contributed by atoms with Crippen LogP contribution in [-0.4, -0.2) is 25.7 Å². The van der Waals surface area contributed by atoms with Crippen LogP contribution in [0.3, 0.4) is 0 Å². The van der Waals surface area contributed by atoms with Gasteiger partial charge in [-0.05, 0) is 18.2 Å². The van der Waals surface area contributed by atoms with E-state index >= 15 is 0 Å². The quantitative estimate of drug-likeness (QED) is 0.758. The van der Waals surface area contributed by atoms with Crippen LogP contribution in [0, 0.1) is 0 Å². The molecule has 24 heavy (non-hydrogen) atoms. The fourth-order valence-corrected chi connectivity index (χ4v) is 2.91. The highest BCUT2D eigenvalue weighted by Gasteiger charge is 2.31. The lowest BCUT2D eigenvalue weighted by Crippen LogP contribution is -2.14. The minimum atomic E-state index is -4.51. The van der Waals surface area contributed by atoms with Crippen molar-refractivity contribution in [3.8, 4) is 0 Å². The van der Waals surface area contributed by atoms with E-state index in [-0.39, 0.29) is 17.1 Å². The molecule has 0 atom stereocenters. The Balaban J connectivity index is 1.65. The molecule has 0 radical (unpaired) electrons. The molecule has 1 aromatic carbocycles. The van der Waals surface area contributed by atoms with Crippen LogP contribution in [0.15, 0.2) is 24.5 Å². The molecule has 11 heteroatoms. The van der Waals surface area contributed by atoms with E-state index < -0.39 is 17.6 Å². The van der Waals surface area contributed by atoms with E-state index in [9.17, 15) is 18.0 Å². The van der Waals surface area contributed by atoms with Crippen molar-refractivity contribution in [1.29, 1.82) is 0 Å². The number of amides is 1. The number of benzene rings is 1. The number of fused-ring (bicyclic) bond motifs is 1. The van der Waals surface area contributed by atoms with Gasteiger partial charge in [0.05, 0.1) is 16.3 Å². The summed E-state index contributed by atoms with van der Waals surface area (Å²) in [6.45, 7) is 0. The van der Waals surface area contributed by atoms with Crippen molar-refractivity contribution in [2.75, 3.05) is 5.32 Å². The highest BCUT2D eigenvalue weighted by atomic mass is 35.5. The van der Waals surface area contributed by atoms with Crippen molar-refractivity contribution in [2.24, 2.45) is 0 Å². The maximum Gasteiger partial charge on any atom is 0.416 e. The Kier molecular flexibility index (Phi) is 4.41. The van der Waals surface area contributed by atoms with Crippen molar-refractivity contribution in [3.63, 3.8) is 0 Å². The molecule has 6 nitrogen and oxygen atoms in total. The lowest BCUT2D eigenvalue weighted by molar-refractivity contribution is -0.137. The summed E-state index contributed by atoms with van der Waals surface area (Å²) in [5, 5.41) is 14.8. The third-order valence-electron chi connectivity index (χ3n) is 3.06. The summed E-state index contributed by atoms with van der Waals surface area (Å²) in [5.74, 6) is -0.456. The van der Waals surface area contributed by atoms with Crippen LogP contribution in [-0.2, 0) is 17.4 Å². The van der Waals surface area contributed by atoms with Gasteiger partial charge in [0.25, 0.3) is 0 Å². The second kappa shape index (κ2) is 6.36. The predicted molar refractivity (Wildman–Crippen MR) is 82.1 cm³/mol. The smallest absolute Gasteiger partial charge is 0.325 e. The molecule has 1 N–H and O–H groups in total. The molecule has 0 unspecified atom stereocenters. The summed E-state index contributed by atoms with van der Waals surface area (Å²) in [5.41, 5.74) is -0.953. The van der Waals surface area contributed by atoms with Gasteiger partial charge in [0.15, 0.2) is 0 Å². The van der Waals surface area contributed by atoms with Crippen molar-refractivity contribution in [3.05, 3.63) is 40.1 Å². The molecule has 3 rings (SSSR count). The lowest BCUT2D eigenvalue weighted by Gasteiger charge is -2.11. The largest absolute Gasteiger partial charge is 0.416 e. The summed E-state index contributed by atoms with van der Waals surface area (Å²) in [7, 11) is 0. The second-order valence-corrected chi connectivity index (χ2v) is 6.24. The second-order valence-electron chi connectivity index (χ2n) is 4.79. The Hall–Kier alpha value is -2.20. The zero-order valence-corrected chi connectivity index (χ0v) is 13.4. The Morgan fingerprint density at radius 2 is 2.17 bits per heavy atom. The molecule has 0 saturated carbocycles. The van der Waals surface area contributed by atoms with Gasteiger partial charge in [0.1, 0.15) is 11.3 Å². The average Bonchev–Trinajstić information content (AvgIpc) is 3.07. The van der Waals surface area contributed by atoms with Gasteiger partial charge in [-0.25, -0.2) is 0 Å². The number of nitrogens with zero attached hydrogens (tertiary/aromatic N) is 4. The third kappa shape index (κ3) is 3.65. The van der Waals surface area contributed by atoms with Gasteiger partial charge in [-0.15, -0.1) is 10.2 Å². The van der Waals surface area contributed by atoms with Gasteiger partial charge in [-0.2, -0.15) is 22.8 Å². The minimum absolute atomic E-state index is 0.0372. The normalized spacial score (nSPS) is 11.8. The molecule has 126 valence electrons. The topological polar surface area (TPSA) is 72.2 Å². The molecule has 0 aliphatic heterocycles. The third-order valence-corrected chi connectivity index (χ3v) is 4.36. The molecule has 0 aliphatic carbocycles. The number of aromatic nitrogens is 4. The van der Waals surface area contributed by atoms with Crippen molar-refractivity contribution in [2.45, 2.75) is 19.0 Å². The monoisotopic (exact) mass is 375 g/mol. The van der Waals surface area contributed by atoms with Crippen LogP contribution in [0.1, 0.15) is 17.0 Å². The first kappa shape index (κ1) is 16.7. The number of nitrogens with one attached hydrogen (secondary N) is 1. The Morgan fingerprint density at radius 1 is 1.38 bits per heavy atom. The molecule has 0 saturated heterocycles.